The first kappa shape index (κ1) is 37.3. The highest BCUT2D eigenvalue weighted by Crippen LogP contribution is 2.20. The summed E-state index contributed by atoms with van der Waals surface area (Å²) in [6.45, 7) is 22.4. The minimum Gasteiger partial charge on any atom is -0.480 e. The van der Waals surface area contributed by atoms with Gasteiger partial charge in [0.05, 0.1) is 6.54 Å². The summed E-state index contributed by atoms with van der Waals surface area (Å²) in [5, 5.41) is 9.53. The fourth-order valence-electron chi connectivity index (χ4n) is 4.29. The number of carbonyl (C=O) groups excluding carboxylic acids is 3. The van der Waals surface area contributed by atoms with E-state index < -0.39 is 41.1 Å². The molecule has 0 bridgehead atoms. The predicted molar refractivity (Wildman–Crippen MR) is 160 cm³/mol. The summed E-state index contributed by atoms with van der Waals surface area (Å²) in [6.07, 6.45) is -0.982. The molecule has 0 aromatic carbocycles. The van der Waals surface area contributed by atoms with Crippen molar-refractivity contribution in [3.8, 4) is 0 Å². The van der Waals surface area contributed by atoms with Crippen molar-refractivity contribution in [1.29, 1.82) is 0 Å². The highest BCUT2D eigenvalue weighted by molar-refractivity contribution is 5.70. The summed E-state index contributed by atoms with van der Waals surface area (Å²) in [5.41, 5.74) is -2.10. The van der Waals surface area contributed by atoms with Crippen LogP contribution in [0.2, 0.25) is 0 Å². The molecule has 0 aromatic rings. The fourth-order valence-corrected chi connectivity index (χ4v) is 4.29. The van der Waals surface area contributed by atoms with Gasteiger partial charge < -0.3 is 34.0 Å². The number of ether oxygens (including phenoxy) is 3. The Morgan fingerprint density at radius 2 is 0.952 bits per heavy atom. The van der Waals surface area contributed by atoms with Gasteiger partial charge in [-0.3, -0.25) is 9.69 Å². The maximum atomic E-state index is 13.3. The Hall–Kier alpha value is -2.76. The quantitative estimate of drug-likeness (QED) is 0.446. The van der Waals surface area contributed by atoms with Crippen LogP contribution in [0, 0.1) is 11.8 Å². The van der Waals surface area contributed by atoms with Crippen LogP contribution < -0.4 is 0 Å². The fraction of sp³-hybridized carbons (Fsp3) is 0.867. The number of hydrogen-bond acceptors (Lipinski definition) is 8. The van der Waals surface area contributed by atoms with Gasteiger partial charge in [0.2, 0.25) is 0 Å². The van der Waals surface area contributed by atoms with Gasteiger partial charge in [-0.05, 0) is 80.6 Å². The monoisotopic (exact) mass is 600 g/mol. The van der Waals surface area contributed by atoms with Crippen LogP contribution in [0.5, 0.6) is 0 Å². The van der Waals surface area contributed by atoms with E-state index in [1.165, 1.54) is 0 Å². The van der Waals surface area contributed by atoms with Gasteiger partial charge >= 0.3 is 24.2 Å². The van der Waals surface area contributed by atoms with E-state index in [-0.39, 0.29) is 38.0 Å². The molecule has 244 valence electrons. The summed E-state index contributed by atoms with van der Waals surface area (Å²) in [4.78, 5) is 57.7. The van der Waals surface area contributed by atoms with Gasteiger partial charge in [-0.15, -0.1) is 0 Å². The second-order valence-corrected chi connectivity index (χ2v) is 14.3. The summed E-state index contributed by atoms with van der Waals surface area (Å²) in [5.74, 6) is -1.06. The van der Waals surface area contributed by atoms with E-state index in [4.69, 9.17) is 14.2 Å². The number of amides is 3. The van der Waals surface area contributed by atoms with Gasteiger partial charge in [-0.25, -0.2) is 14.4 Å². The van der Waals surface area contributed by atoms with Crippen molar-refractivity contribution in [3.05, 3.63) is 0 Å². The van der Waals surface area contributed by atoms with E-state index in [0.717, 1.165) is 0 Å². The van der Waals surface area contributed by atoms with Gasteiger partial charge in [0, 0.05) is 52.4 Å². The molecule has 12 nitrogen and oxygen atoms in total. The number of carboxylic acid groups (broad SMARTS) is 1. The van der Waals surface area contributed by atoms with Crippen LogP contribution in [0.15, 0.2) is 0 Å². The standard InChI is InChI=1S/C30H56N4O8/c1-22-19-33(26(38)41-29(6,7)8)16-15-31(21-24(35)36)13-12-14-32(25(37)40-28(3,4)5)17-18-34(20-23(22)2)27(39)42-30(9,10)11/h22-23H,12-21H2,1-11H3,(H,35,36). The molecule has 1 N–H and O–H groups in total. The molecule has 1 heterocycles. The predicted octanol–water partition coefficient (Wildman–Crippen LogP) is 4.76. The topological polar surface area (TPSA) is 129 Å². The molecule has 0 aliphatic carbocycles. The van der Waals surface area contributed by atoms with E-state index in [9.17, 15) is 24.3 Å². The molecule has 2 unspecified atom stereocenters. The minimum absolute atomic E-state index is 0.0394. The zero-order chi connectivity index (χ0) is 32.5. The molecule has 12 heteroatoms. The lowest BCUT2D eigenvalue weighted by atomic mass is 9.94. The van der Waals surface area contributed by atoms with Crippen molar-refractivity contribution in [2.75, 3.05) is 58.9 Å². The van der Waals surface area contributed by atoms with Crippen LogP contribution in [0.3, 0.4) is 0 Å². The SMILES string of the molecule is CC1CN(C(=O)OC(C)(C)C)CCN(CC(=O)O)CCCN(C(=O)OC(C)(C)C)CCN(C(=O)OC(C)(C)C)CC1C. The molecule has 1 rings (SSSR count). The van der Waals surface area contributed by atoms with Crippen LogP contribution >= 0.6 is 0 Å². The van der Waals surface area contributed by atoms with Crippen molar-refractivity contribution in [2.24, 2.45) is 11.8 Å². The number of nitrogens with zero attached hydrogens (tertiary/aromatic N) is 4. The minimum atomic E-state index is -0.976. The maximum absolute atomic E-state index is 13.3. The number of carbonyl (C=O) groups is 4. The van der Waals surface area contributed by atoms with E-state index >= 15 is 0 Å². The van der Waals surface area contributed by atoms with E-state index in [2.05, 4.69) is 0 Å². The average molecular weight is 601 g/mol. The van der Waals surface area contributed by atoms with Gasteiger partial charge in [0.15, 0.2) is 0 Å². The second-order valence-electron chi connectivity index (χ2n) is 14.3. The number of carboxylic acids is 1. The molecule has 0 radical (unpaired) electrons. The Bertz CT molecular complexity index is 906. The smallest absolute Gasteiger partial charge is 0.410 e. The largest absolute Gasteiger partial charge is 0.480 e. The van der Waals surface area contributed by atoms with Crippen molar-refractivity contribution in [3.63, 3.8) is 0 Å². The van der Waals surface area contributed by atoms with Gasteiger partial charge in [-0.2, -0.15) is 0 Å². The van der Waals surface area contributed by atoms with E-state index in [0.29, 0.717) is 39.1 Å². The average Bonchev–Trinajstić information content (AvgIpc) is 2.78. The van der Waals surface area contributed by atoms with Crippen LogP contribution in [-0.2, 0) is 19.0 Å². The molecular formula is C30H56N4O8. The van der Waals surface area contributed by atoms with Gasteiger partial charge in [0.25, 0.3) is 0 Å². The third-order valence-corrected chi connectivity index (χ3v) is 6.53. The Balaban J connectivity index is 3.39. The second kappa shape index (κ2) is 15.6. The van der Waals surface area contributed by atoms with Crippen LogP contribution in [-0.4, -0.2) is 125 Å². The first-order valence-electron chi connectivity index (χ1n) is 14.9. The molecule has 0 spiro atoms. The zero-order valence-electron chi connectivity index (χ0n) is 27.8. The Labute approximate surface area is 252 Å². The zero-order valence-corrected chi connectivity index (χ0v) is 27.8. The number of rotatable bonds is 2. The van der Waals surface area contributed by atoms with Crippen molar-refractivity contribution >= 4 is 24.2 Å². The maximum Gasteiger partial charge on any atom is 0.410 e. The number of aliphatic carboxylic acids is 1. The molecule has 42 heavy (non-hydrogen) atoms. The van der Waals surface area contributed by atoms with Crippen molar-refractivity contribution in [1.82, 2.24) is 19.6 Å². The van der Waals surface area contributed by atoms with Gasteiger partial charge in [-0.1, -0.05) is 13.8 Å². The van der Waals surface area contributed by atoms with Crippen LogP contribution in [0.4, 0.5) is 14.4 Å². The van der Waals surface area contributed by atoms with E-state index in [1.54, 1.807) is 81.9 Å². The molecule has 1 aliphatic rings. The number of hydrogen-bond donors (Lipinski definition) is 1. The highest BCUT2D eigenvalue weighted by Gasteiger charge is 2.31. The third kappa shape index (κ3) is 15.5. The molecule has 1 fully saturated rings. The van der Waals surface area contributed by atoms with Crippen LogP contribution in [0.1, 0.15) is 82.6 Å². The molecule has 3 amide bonds. The van der Waals surface area contributed by atoms with Gasteiger partial charge in [0.1, 0.15) is 16.8 Å². The lowest BCUT2D eigenvalue weighted by Crippen LogP contribution is -2.47. The molecule has 1 aliphatic heterocycles. The third-order valence-electron chi connectivity index (χ3n) is 6.53. The lowest BCUT2D eigenvalue weighted by Gasteiger charge is -2.35. The highest BCUT2D eigenvalue weighted by atomic mass is 16.6. The normalized spacial score (nSPS) is 21.2. The molecular weight excluding hydrogens is 544 g/mol. The first-order valence-corrected chi connectivity index (χ1v) is 14.9. The Kier molecular flexibility index (Phi) is 13.9. The Morgan fingerprint density at radius 1 is 0.595 bits per heavy atom. The van der Waals surface area contributed by atoms with Crippen molar-refractivity contribution < 1.29 is 38.5 Å². The first-order chi connectivity index (χ1) is 19.1. The van der Waals surface area contributed by atoms with Crippen molar-refractivity contribution in [2.45, 2.75) is 99.4 Å². The van der Waals surface area contributed by atoms with E-state index in [1.807, 2.05) is 13.8 Å². The Morgan fingerprint density at radius 3 is 1.33 bits per heavy atom. The molecule has 2 atom stereocenters. The summed E-state index contributed by atoms with van der Waals surface area (Å²) >= 11 is 0. The van der Waals surface area contributed by atoms with Crippen LogP contribution in [0.25, 0.3) is 0 Å². The summed E-state index contributed by atoms with van der Waals surface area (Å²) in [6, 6.07) is 0. The molecule has 1 saturated heterocycles. The summed E-state index contributed by atoms with van der Waals surface area (Å²) in [7, 11) is 0. The summed E-state index contributed by atoms with van der Waals surface area (Å²) < 4.78 is 17.0. The molecule has 0 saturated carbocycles. The molecule has 0 aromatic heterocycles. The lowest BCUT2D eigenvalue weighted by molar-refractivity contribution is -0.138.